The van der Waals surface area contributed by atoms with Crippen LogP contribution in [0.3, 0.4) is 0 Å². The molecule has 1 saturated heterocycles. The minimum absolute atomic E-state index is 0. The van der Waals surface area contributed by atoms with Gasteiger partial charge in [0.1, 0.15) is 5.75 Å². The molecular formula is C17H26ClN3O3. The van der Waals surface area contributed by atoms with Gasteiger partial charge in [0.2, 0.25) is 11.8 Å². The molecule has 24 heavy (non-hydrogen) atoms. The van der Waals surface area contributed by atoms with Crippen LogP contribution in [0.2, 0.25) is 0 Å². The Balaban J connectivity index is 0.00000288. The predicted octanol–water partition coefficient (Wildman–Crippen LogP) is 1.19. The molecule has 2 rings (SSSR count). The molecule has 1 aliphatic heterocycles. The monoisotopic (exact) mass is 355 g/mol. The molecule has 0 bridgehead atoms. The molecule has 0 spiro atoms. The first-order valence-corrected chi connectivity index (χ1v) is 7.97. The molecule has 2 N–H and O–H groups in total. The highest BCUT2D eigenvalue weighted by Gasteiger charge is 2.33. The lowest BCUT2D eigenvalue weighted by Gasteiger charge is -2.17. The number of rotatable bonds is 8. The SMILES string of the molecule is CNCCCNC(=O)C1CC(=O)N(Cc2ccc(OC)cc2)C1.Cl. The number of methoxy groups -OCH3 is 1. The molecule has 0 radical (unpaired) electrons. The average molecular weight is 356 g/mol. The van der Waals surface area contributed by atoms with E-state index in [9.17, 15) is 9.59 Å². The smallest absolute Gasteiger partial charge is 0.225 e. The lowest BCUT2D eigenvalue weighted by molar-refractivity contribution is -0.129. The lowest BCUT2D eigenvalue weighted by Crippen LogP contribution is -2.34. The van der Waals surface area contributed by atoms with Crippen LogP contribution >= 0.6 is 12.4 Å². The third kappa shape index (κ3) is 5.69. The Bertz CT molecular complexity index is 536. The van der Waals surface area contributed by atoms with Gasteiger partial charge in [0.15, 0.2) is 0 Å². The Morgan fingerprint density at radius 3 is 2.62 bits per heavy atom. The Labute approximate surface area is 149 Å². The van der Waals surface area contributed by atoms with Gasteiger partial charge in [0, 0.05) is 26.1 Å². The van der Waals surface area contributed by atoms with Crippen LogP contribution in [-0.4, -0.2) is 50.5 Å². The maximum Gasteiger partial charge on any atom is 0.225 e. The van der Waals surface area contributed by atoms with Gasteiger partial charge in [0.25, 0.3) is 0 Å². The van der Waals surface area contributed by atoms with E-state index in [-0.39, 0.29) is 30.1 Å². The van der Waals surface area contributed by atoms with Gasteiger partial charge in [-0.3, -0.25) is 9.59 Å². The normalized spacial score (nSPS) is 16.7. The van der Waals surface area contributed by atoms with Crippen molar-refractivity contribution in [3.8, 4) is 5.75 Å². The topological polar surface area (TPSA) is 70.7 Å². The van der Waals surface area contributed by atoms with Crippen molar-refractivity contribution in [1.29, 1.82) is 0 Å². The molecule has 1 atom stereocenters. The van der Waals surface area contributed by atoms with E-state index < -0.39 is 0 Å². The number of hydrogen-bond donors (Lipinski definition) is 2. The number of nitrogens with zero attached hydrogens (tertiary/aromatic N) is 1. The van der Waals surface area contributed by atoms with E-state index in [1.807, 2.05) is 31.3 Å². The second-order valence-electron chi connectivity index (χ2n) is 5.77. The number of carbonyl (C=O) groups excluding carboxylic acids is 2. The number of halogens is 1. The highest BCUT2D eigenvalue weighted by atomic mass is 35.5. The van der Waals surface area contributed by atoms with Gasteiger partial charge in [-0.2, -0.15) is 0 Å². The highest BCUT2D eigenvalue weighted by Crippen LogP contribution is 2.21. The Hall–Kier alpha value is -1.79. The molecular weight excluding hydrogens is 330 g/mol. The summed E-state index contributed by atoms with van der Waals surface area (Å²) in [5.74, 6) is 0.568. The van der Waals surface area contributed by atoms with Gasteiger partial charge < -0.3 is 20.3 Å². The van der Waals surface area contributed by atoms with Crippen molar-refractivity contribution in [1.82, 2.24) is 15.5 Å². The van der Waals surface area contributed by atoms with Gasteiger partial charge in [0.05, 0.1) is 13.0 Å². The van der Waals surface area contributed by atoms with Crippen LogP contribution in [0.5, 0.6) is 5.75 Å². The molecule has 0 saturated carbocycles. The number of ether oxygens (including phenoxy) is 1. The second-order valence-corrected chi connectivity index (χ2v) is 5.77. The summed E-state index contributed by atoms with van der Waals surface area (Å²) in [6.07, 6.45) is 1.19. The summed E-state index contributed by atoms with van der Waals surface area (Å²) in [5, 5.41) is 5.94. The Morgan fingerprint density at radius 1 is 1.29 bits per heavy atom. The van der Waals surface area contributed by atoms with E-state index >= 15 is 0 Å². The fourth-order valence-corrected chi connectivity index (χ4v) is 2.67. The van der Waals surface area contributed by atoms with E-state index in [0.717, 1.165) is 24.3 Å². The fourth-order valence-electron chi connectivity index (χ4n) is 2.67. The molecule has 0 aliphatic carbocycles. The lowest BCUT2D eigenvalue weighted by atomic mass is 10.1. The zero-order chi connectivity index (χ0) is 16.7. The van der Waals surface area contributed by atoms with Gasteiger partial charge >= 0.3 is 0 Å². The van der Waals surface area contributed by atoms with Crippen molar-refractivity contribution < 1.29 is 14.3 Å². The predicted molar refractivity (Wildman–Crippen MR) is 95.3 cm³/mol. The first-order chi connectivity index (χ1) is 11.1. The van der Waals surface area contributed by atoms with Crippen molar-refractivity contribution in [3.05, 3.63) is 29.8 Å². The molecule has 1 aromatic carbocycles. The van der Waals surface area contributed by atoms with Crippen molar-refractivity contribution in [2.45, 2.75) is 19.4 Å². The van der Waals surface area contributed by atoms with Crippen molar-refractivity contribution in [3.63, 3.8) is 0 Å². The fraction of sp³-hybridized carbons (Fsp3) is 0.529. The summed E-state index contributed by atoms with van der Waals surface area (Å²) >= 11 is 0. The van der Waals surface area contributed by atoms with Crippen LogP contribution in [0.1, 0.15) is 18.4 Å². The van der Waals surface area contributed by atoms with Crippen LogP contribution in [-0.2, 0) is 16.1 Å². The zero-order valence-electron chi connectivity index (χ0n) is 14.2. The highest BCUT2D eigenvalue weighted by molar-refractivity contribution is 5.89. The summed E-state index contributed by atoms with van der Waals surface area (Å²) in [5.41, 5.74) is 1.04. The summed E-state index contributed by atoms with van der Waals surface area (Å²) in [6.45, 7) is 2.53. The summed E-state index contributed by atoms with van der Waals surface area (Å²) in [7, 11) is 3.51. The Kier molecular flexibility index (Phi) is 8.57. The number of nitrogens with one attached hydrogen (secondary N) is 2. The van der Waals surface area contributed by atoms with E-state index in [0.29, 0.717) is 26.1 Å². The third-order valence-electron chi connectivity index (χ3n) is 4.02. The molecule has 134 valence electrons. The number of likely N-dealkylation sites (tertiary alicyclic amines) is 1. The summed E-state index contributed by atoms with van der Waals surface area (Å²) in [6, 6.07) is 7.64. The molecule has 1 heterocycles. The van der Waals surface area contributed by atoms with Crippen molar-refractivity contribution >= 4 is 24.2 Å². The molecule has 0 aromatic heterocycles. The second kappa shape index (κ2) is 10.2. The number of hydrogen-bond acceptors (Lipinski definition) is 4. The summed E-state index contributed by atoms with van der Waals surface area (Å²) in [4.78, 5) is 26.0. The maximum absolute atomic E-state index is 12.1. The molecule has 6 nitrogen and oxygen atoms in total. The number of carbonyl (C=O) groups is 2. The van der Waals surface area contributed by atoms with E-state index in [4.69, 9.17) is 4.74 Å². The van der Waals surface area contributed by atoms with Gasteiger partial charge in [-0.25, -0.2) is 0 Å². The van der Waals surface area contributed by atoms with Gasteiger partial charge in [-0.05, 0) is 37.7 Å². The molecule has 1 unspecified atom stereocenters. The minimum Gasteiger partial charge on any atom is -0.497 e. The molecule has 7 heteroatoms. The standard InChI is InChI=1S/C17H25N3O3.ClH/c1-18-8-3-9-19-17(22)14-10-16(21)20(12-14)11-13-4-6-15(23-2)7-5-13;/h4-7,14,18H,3,8-12H2,1-2H3,(H,19,22);1H. The van der Waals surface area contributed by atoms with Crippen LogP contribution < -0.4 is 15.4 Å². The van der Waals surface area contributed by atoms with Crippen LogP contribution in [0.15, 0.2) is 24.3 Å². The van der Waals surface area contributed by atoms with Crippen LogP contribution in [0, 0.1) is 5.92 Å². The molecule has 1 aliphatic rings. The van der Waals surface area contributed by atoms with Gasteiger partial charge in [-0.1, -0.05) is 12.1 Å². The Morgan fingerprint density at radius 2 is 2.00 bits per heavy atom. The largest absolute Gasteiger partial charge is 0.497 e. The zero-order valence-corrected chi connectivity index (χ0v) is 15.0. The molecule has 2 amide bonds. The first kappa shape index (κ1) is 20.3. The van der Waals surface area contributed by atoms with Crippen LogP contribution in [0.25, 0.3) is 0 Å². The van der Waals surface area contributed by atoms with E-state index in [2.05, 4.69) is 10.6 Å². The quantitative estimate of drug-likeness (QED) is 0.687. The number of amides is 2. The number of benzene rings is 1. The molecule has 1 fully saturated rings. The van der Waals surface area contributed by atoms with Crippen LogP contribution in [0.4, 0.5) is 0 Å². The maximum atomic E-state index is 12.1. The minimum atomic E-state index is -0.240. The first-order valence-electron chi connectivity index (χ1n) is 7.97. The van der Waals surface area contributed by atoms with E-state index in [1.165, 1.54) is 0 Å². The summed E-state index contributed by atoms with van der Waals surface area (Å²) < 4.78 is 5.13. The average Bonchev–Trinajstić information content (AvgIpc) is 2.93. The van der Waals surface area contributed by atoms with E-state index in [1.54, 1.807) is 12.0 Å². The third-order valence-corrected chi connectivity index (χ3v) is 4.02. The molecule has 1 aromatic rings. The van der Waals surface area contributed by atoms with Gasteiger partial charge in [-0.15, -0.1) is 12.4 Å². The van der Waals surface area contributed by atoms with Crippen molar-refractivity contribution in [2.75, 3.05) is 33.8 Å². The van der Waals surface area contributed by atoms with Crippen molar-refractivity contribution in [2.24, 2.45) is 5.92 Å².